The zero-order valence-corrected chi connectivity index (χ0v) is 8.96. The van der Waals surface area contributed by atoms with E-state index in [2.05, 4.69) is 10.3 Å². The van der Waals surface area contributed by atoms with Crippen molar-refractivity contribution in [2.24, 2.45) is 5.73 Å². The van der Waals surface area contributed by atoms with E-state index in [0.29, 0.717) is 0 Å². The number of nitrogens with zero attached hydrogens (tertiary/aromatic N) is 1. The number of nitrogens with two attached hydrogens (primary N) is 1. The van der Waals surface area contributed by atoms with Crippen molar-refractivity contribution in [2.45, 2.75) is 6.10 Å². The van der Waals surface area contributed by atoms with E-state index in [1.165, 1.54) is 18.3 Å². The summed E-state index contributed by atoms with van der Waals surface area (Å²) in [6.07, 6.45) is 0.272. The van der Waals surface area contributed by atoms with Crippen molar-refractivity contribution in [2.75, 3.05) is 13.2 Å². The van der Waals surface area contributed by atoms with Gasteiger partial charge in [-0.2, -0.15) is 0 Å². The third-order valence-corrected chi connectivity index (χ3v) is 1.98. The molecule has 0 aliphatic heterocycles. The summed E-state index contributed by atoms with van der Waals surface area (Å²) in [5, 5.41) is 20.0. The first-order chi connectivity index (χ1) is 8.04. The van der Waals surface area contributed by atoms with Gasteiger partial charge in [0.05, 0.1) is 12.7 Å². The monoisotopic (exact) mass is 239 g/mol. The maximum absolute atomic E-state index is 11.6. The largest absolute Gasteiger partial charge is 0.394 e. The van der Waals surface area contributed by atoms with Crippen LogP contribution in [0.15, 0.2) is 18.3 Å². The Hall–Kier alpha value is -1.99. The molecule has 2 amide bonds. The summed E-state index contributed by atoms with van der Waals surface area (Å²) < 4.78 is 0. The van der Waals surface area contributed by atoms with E-state index >= 15 is 0 Å². The number of carbonyl (C=O) groups is 2. The molecule has 1 atom stereocenters. The van der Waals surface area contributed by atoms with Crippen LogP contribution in [-0.2, 0) is 0 Å². The molecule has 0 saturated carbocycles. The molecule has 0 aliphatic carbocycles. The molecule has 17 heavy (non-hydrogen) atoms. The van der Waals surface area contributed by atoms with Gasteiger partial charge in [-0.1, -0.05) is 0 Å². The Labute approximate surface area is 97.3 Å². The van der Waals surface area contributed by atoms with E-state index in [1.807, 2.05) is 0 Å². The van der Waals surface area contributed by atoms with E-state index in [0.717, 1.165) is 0 Å². The van der Waals surface area contributed by atoms with Gasteiger partial charge in [-0.05, 0) is 12.1 Å². The van der Waals surface area contributed by atoms with Crippen LogP contribution in [-0.4, -0.2) is 46.3 Å². The van der Waals surface area contributed by atoms with Crippen molar-refractivity contribution in [3.8, 4) is 0 Å². The smallest absolute Gasteiger partial charge is 0.267 e. The lowest BCUT2D eigenvalue weighted by Crippen LogP contribution is -2.34. The van der Waals surface area contributed by atoms with Crippen LogP contribution < -0.4 is 11.1 Å². The van der Waals surface area contributed by atoms with Gasteiger partial charge in [-0.25, -0.2) is 0 Å². The average molecular weight is 239 g/mol. The van der Waals surface area contributed by atoms with Crippen molar-refractivity contribution in [1.29, 1.82) is 0 Å². The van der Waals surface area contributed by atoms with Crippen LogP contribution in [0.4, 0.5) is 0 Å². The zero-order chi connectivity index (χ0) is 12.8. The van der Waals surface area contributed by atoms with Gasteiger partial charge in [0.15, 0.2) is 0 Å². The maximum Gasteiger partial charge on any atom is 0.267 e. The molecule has 1 aromatic rings. The lowest BCUT2D eigenvalue weighted by atomic mass is 10.2. The van der Waals surface area contributed by atoms with Crippen LogP contribution in [0.3, 0.4) is 0 Å². The van der Waals surface area contributed by atoms with Crippen LogP contribution in [0.5, 0.6) is 0 Å². The number of aromatic nitrogens is 1. The van der Waals surface area contributed by atoms with Crippen molar-refractivity contribution in [1.82, 2.24) is 10.3 Å². The Bertz CT molecular complexity index is 422. The second kappa shape index (κ2) is 5.92. The van der Waals surface area contributed by atoms with Gasteiger partial charge < -0.3 is 21.3 Å². The van der Waals surface area contributed by atoms with Gasteiger partial charge in [0.1, 0.15) is 5.69 Å². The van der Waals surface area contributed by atoms with Gasteiger partial charge >= 0.3 is 0 Å². The maximum atomic E-state index is 11.6. The topological polar surface area (TPSA) is 126 Å². The van der Waals surface area contributed by atoms with Crippen molar-refractivity contribution in [3.05, 3.63) is 29.6 Å². The number of amides is 2. The minimum absolute atomic E-state index is 0.0136. The molecule has 7 heteroatoms. The highest BCUT2D eigenvalue weighted by molar-refractivity contribution is 5.97. The highest BCUT2D eigenvalue weighted by Gasteiger charge is 2.10. The summed E-state index contributed by atoms with van der Waals surface area (Å²) in [6.45, 7) is -0.521. The van der Waals surface area contributed by atoms with Gasteiger partial charge in [0.25, 0.3) is 11.8 Å². The Morgan fingerprint density at radius 3 is 2.82 bits per heavy atom. The average Bonchev–Trinajstić information content (AvgIpc) is 2.35. The highest BCUT2D eigenvalue weighted by atomic mass is 16.3. The molecule has 0 aromatic carbocycles. The van der Waals surface area contributed by atoms with Crippen LogP contribution in [0, 0.1) is 0 Å². The molecule has 1 heterocycles. The second-order valence-corrected chi connectivity index (χ2v) is 3.34. The third kappa shape index (κ3) is 3.82. The number of rotatable bonds is 5. The fraction of sp³-hybridized carbons (Fsp3) is 0.300. The number of aliphatic hydroxyl groups excluding tert-OH is 2. The standard InChI is InChI=1S/C10H13N3O4/c11-9(16)8-3-6(1-2-12-8)10(17)13-4-7(15)5-14/h1-3,7,14-15H,4-5H2,(H2,11,16)(H,13,17). The number of aliphatic hydroxyl groups is 2. The van der Waals surface area contributed by atoms with Crippen LogP contribution in [0.25, 0.3) is 0 Å². The van der Waals surface area contributed by atoms with Crippen LogP contribution in [0.1, 0.15) is 20.8 Å². The highest BCUT2D eigenvalue weighted by Crippen LogP contribution is 2.01. The second-order valence-electron chi connectivity index (χ2n) is 3.34. The Morgan fingerprint density at radius 1 is 1.53 bits per heavy atom. The fourth-order valence-electron chi connectivity index (χ4n) is 1.08. The number of hydrogen-bond donors (Lipinski definition) is 4. The molecule has 1 rings (SSSR count). The minimum atomic E-state index is -1.02. The Balaban J connectivity index is 2.69. The number of carbonyl (C=O) groups excluding carboxylic acids is 2. The van der Waals surface area contributed by atoms with Gasteiger partial charge in [0, 0.05) is 18.3 Å². The molecule has 92 valence electrons. The van der Waals surface area contributed by atoms with Crippen molar-refractivity contribution >= 4 is 11.8 Å². The SMILES string of the molecule is NC(=O)c1cc(C(=O)NCC(O)CO)ccn1. The lowest BCUT2D eigenvalue weighted by molar-refractivity contribution is 0.0802. The number of nitrogens with one attached hydrogen (secondary N) is 1. The fourth-order valence-corrected chi connectivity index (χ4v) is 1.08. The zero-order valence-electron chi connectivity index (χ0n) is 8.96. The van der Waals surface area contributed by atoms with Crippen LogP contribution >= 0.6 is 0 Å². The van der Waals surface area contributed by atoms with E-state index in [-0.39, 0.29) is 17.8 Å². The summed E-state index contributed by atoms with van der Waals surface area (Å²) in [5.74, 6) is -1.21. The molecular formula is C10H13N3O4. The molecule has 0 radical (unpaired) electrons. The first-order valence-electron chi connectivity index (χ1n) is 4.87. The molecule has 1 aromatic heterocycles. The summed E-state index contributed by atoms with van der Waals surface area (Å²) in [5.41, 5.74) is 5.21. The van der Waals surface area contributed by atoms with E-state index in [4.69, 9.17) is 15.9 Å². The quantitative estimate of drug-likeness (QED) is 0.485. The van der Waals surface area contributed by atoms with Crippen LogP contribution in [0.2, 0.25) is 0 Å². The molecule has 0 fully saturated rings. The van der Waals surface area contributed by atoms with E-state index < -0.39 is 24.5 Å². The van der Waals surface area contributed by atoms with E-state index in [9.17, 15) is 9.59 Å². The molecule has 7 nitrogen and oxygen atoms in total. The summed E-state index contributed by atoms with van der Waals surface area (Å²) in [4.78, 5) is 26.1. The summed E-state index contributed by atoms with van der Waals surface area (Å²) in [6, 6.07) is 2.66. The van der Waals surface area contributed by atoms with Gasteiger partial charge in [-0.3, -0.25) is 14.6 Å². The molecule has 0 saturated heterocycles. The number of primary amides is 1. The summed E-state index contributed by atoms with van der Waals surface area (Å²) in [7, 11) is 0. The third-order valence-electron chi connectivity index (χ3n) is 1.98. The Kier molecular flexibility index (Phi) is 4.56. The summed E-state index contributed by atoms with van der Waals surface area (Å²) >= 11 is 0. The molecular weight excluding hydrogens is 226 g/mol. The molecule has 0 bridgehead atoms. The first-order valence-corrected chi connectivity index (χ1v) is 4.87. The number of hydrogen-bond acceptors (Lipinski definition) is 5. The molecule has 0 spiro atoms. The minimum Gasteiger partial charge on any atom is -0.394 e. The first kappa shape index (κ1) is 13.1. The lowest BCUT2D eigenvalue weighted by Gasteiger charge is -2.09. The normalized spacial score (nSPS) is 11.9. The van der Waals surface area contributed by atoms with E-state index in [1.54, 1.807) is 0 Å². The Morgan fingerprint density at radius 2 is 2.24 bits per heavy atom. The van der Waals surface area contributed by atoms with Crippen molar-refractivity contribution < 1.29 is 19.8 Å². The predicted molar refractivity (Wildman–Crippen MR) is 58.2 cm³/mol. The molecule has 0 aliphatic rings. The molecule has 1 unspecified atom stereocenters. The van der Waals surface area contributed by atoms with Gasteiger partial charge in [-0.15, -0.1) is 0 Å². The predicted octanol–water partition coefficient (Wildman–Crippen LogP) is -1.74. The van der Waals surface area contributed by atoms with Crippen molar-refractivity contribution in [3.63, 3.8) is 0 Å². The number of pyridine rings is 1. The molecule has 5 N–H and O–H groups in total. The van der Waals surface area contributed by atoms with Gasteiger partial charge in [0.2, 0.25) is 0 Å².